The number of Topliss-reactive ketones (excluding diaryl/α,β-unsaturated/α-hetero) is 1. The summed E-state index contributed by atoms with van der Waals surface area (Å²) in [4.78, 5) is 12.4. The first-order valence-electron chi connectivity index (χ1n) is 7.03. The predicted octanol–water partition coefficient (Wildman–Crippen LogP) is 3.56. The Morgan fingerprint density at radius 1 is 1.11 bits per heavy atom. The van der Waals surface area contributed by atoms with Crippen LogP contribution in [0.3, 0.4) is 0 Å². The number of ketones is 1. The highest BCUT2D eigenvalue weighted by molar-refractivity contribution is 6.02. The third-order valence-corrected chi connectivity index (χ3v) is 4.60. The molecular weight excluding hydrogens is 240 g/mol. The molecule has 0 aromatic heterocycles. The summed E-state index contributed by atoms with van der Waals surface area (Å²) in [7, 11) is 3.28. The maximum Gasteiger partial charge on any atom is 0.167 e. The van der Waals surface area contributed by atoms with Crippen LogP contribution in [-0.2, 0) is 0 Å². The number of fused-ring (bicyclic) bond motifs is 3. The third-order valence-electron chi connectivity index (χ3n) is 4.60. The van der Waals surface area contributed by atoms with Gasteiger partial charge in [-0.3, -0.25) is 4.79 Å². The van der Waals surface area contributed by atoms with Gasteiger partial charge in [0.15, 0.2) is 5.78 Å². The van der Waals surface area contributed by atoms with Crippen LogP contribution in [0.25, 0.3) is 0 Å². The van der Waals surface area contributed by atoms with Crippen LogP contribution in [0.1, 0.15) is 53.9 Å². The molecule has 1 saturated carbocycles. The second-order valence-corrected chi connectivity index (χ2v) is 5.57. The van der Waals surface area contributed by atoms with E-state index in [9.17, 15) is 4.79 Å². The molecule has 0 amide bonds. The second-order valence-electron chi connectivity index (χ2n) is 5.57. The molecule has 0 heterocycles. The van der Waals surface area contributed by atoms with Crippen LogP contribution in [0.5, 0.6) is 11.5 Å². The van der Waals surface area contributed by atoms with E-state index in [2.05, 4.69) is 0 Å². The molecule has 0 radical (unpaired) electrons. The zero-order valence-corrected chi connectivity index (χ0v) is 11.6. The average molecular weight is 260 g/mol. The Balaban J connectivity index is 2.14. The second kappa shape index (κ2) is 4.87. The Kier molecular flexibility index (Phi) is 3.21. The van der Waals surface area contributed by atoms with Crippen molar-refractivity contribution >= 4 is 5.78 Å². The molecule has 2 atom stereocenters. The summed E-state index contributed by atoms with van der Waals surface area (Å²) in [5.41, 5.74) is 1.95. The summed E-state index contributed by atoms with van der Waals surface area (Å²) in [5.74, 6) is 2.71. The van der Waals surface area contributed by atoms with Crippen molar-refractivity contribution in [2.45, 2.75) is 38.0 Å². The van der Waals surface area contributed by atoms with Gasteiger partial charge in [-0.05, 0) is 36.3 Å². The summed E-state index contributed by atoms with van der Waals surface area (Å²) >= 11 is 0. The van der Waals surface area contributed by atoms with Gasteiger partial charge in [-0.1, -0.05) is 12.8 Å². The van der Waals surface area contributed by atoms with Crippen molar-refractivity contribution in [2.75, 3.05) is 14.2 Å². The molecule has 0 spiro atoms. The first-order valence-corrected chi connectivity index (χ1v) is 7.03. The normalized spacial score (nSPS) is 25.5. The monoisotopic (exact) mass is 260 g/mol. The van der Waals surface area contributed by atoms with Crippen LogP contribution < -0.4 is 9.47 Å². The van der Waals surface area contributed by atoms with E-state index >= 15 is 0 Å². The van der Waals surface area contributed by atoms with Gasteiger partial charge in [-0.25, -0.2) is 0 Å². The van der Waals surface area contributed by atoms with E-state index in [1.165, 1.54) is 25.7 Å². The lowest BCUT2D eigenvalue weighted by Gasteiger charge is -2.37. The standard InChI is InChI=1S/C16H20O3/c1-18-11-8-13-12-6-4-3-5-10(12)7-14(17)16(13)15(9-11)19-2/h8-10,12H,3-7H2,1-2H3/t10-,12-/m1/s1. The number of rotatable bonds is 2. The zero-order chi connectivity index (χ0) is 13.4. The molecule has 1 aromatic rings. The lowest BCUT2D eigenvalue weighted by Crippen LogP contribution is -2.28. The van der Waals surface area contributed by atoms with Gasteiger partial charge in [0.2, 0.25) is 0 Å². The summed E-state index contributed by atoms with van der Waals surface area (Å²) in [5, 5.41) is 0. The van der Waals surface area contributed by atoms with Crippen molar-refractivity contribution in [3.63, 3.8) is 0 Å². The Hall–Kier alpha value is -1.51. The molecule has 3 rings (SSSR count). The van der Waals surface area contributed by atoms with Crippen molar-refractivity contribution in [2.24, 2.45) is 5.92 Å². The van der Waals surface area contributed by atoms with Gasteiger partial charge < -0.3 is 9.47 Å². The molecule has 0 bridgehead atoms. The molecule has 3 nitrogen and oxygen atoms in total. The smallest absolute Gasteiger partial charge is 0.167 e. The van der Waals surface area contributed by atoms with E-state index < -0.39 is 0 Å². The van der Waals surface area contributed by atoms with E-state index in [4.69, 9.17) is 9.47 Å². The molecular formula is C16H20O3. The first-order chi connectivity index (χ1) is 9.24. The minimum atomic E-state index is 0.234. The Morgan fingerprint density at radius 2 is 1.89 bits per heavy atom. The number of carbonyl (C=O) groups excluding carboxylic acids is 1. The summed E-state index contributed by atoms with van der Waals surface area (Å²) in [6.45, 7) is 0. The number of benzene rings is 1. The van der Waals surface area contributed by atoms with Crippen LogP contribution in [0.15, 0.2) is 12.1 Å². The van der Waals surface area contributed by atoms with Gasteiger partial charge in [0, 0.05) is 12.5 Å². The Morgan fingerprint density at radius 3 is 2.63 bits per heavy atom. The molecule has 0 N–H and O–H groups in total. The van der Waals surface area contributed by atoms with Crippen LogP contribution in [0.4, 0.5) is 0 Å². The molecule has 1 fully saturated rings. The SMILES string of the molecule is COc1cc(OC)c2c(c1)[C@@H]1CCCC[C@@H]1CC2=O. The van der Waals surface area contributed by atoms with E-state index in [0.29, 0.717) is 24.0 Å². The number of hydrogen-bond acceptors (Lipinski definition) is 3. The topological polar surface area (TPSA) is 35.5 Å². The van der Waals surface area contributed by atoms with Crippen molar-refractivity contribution in [3.05, 3.63) is 23.3 Å². The van der Waals surface area contributed by atoms with E-state index in [1.54, 1.807) is 14.2 Å². The third kappa shape index (κ3) is 2.01. The molecule has 2 aliphatic rings. The number of carbonyl (C=O) groups is 1. The molecule has 0 aliphatic heterocycles. The maximum absolute atomic E-state index is 12.4. The van der Waals surface area contributed by atoms with Crippen molar-refractivity contribution in [3.8, 4) is 11.5 Å². The molecule has 2 aliphatic carbocycles. The fourth-order valence-corrected chi connectivity index (χ4v) is 3.68. The lowest BCUT2D eigenvalue weighted by molar-refractivity contribution is 0.0915. The van der Waals surface area contributed by atoms with Crippen molar-refractivity contribution < 1.29 is 14.3 Å². The van der Waals surface area contributed by atoms with Gasteiger partial charge >= 0.3 is 0 Å². The molecule has 102 valence electrons. The van der Waals surface area contributed by atoms with Crippen LogP contribution in [-0.4, -0.2) is 20.0 Å². The van der Waals surface area contributed by atoms with Crippen LogP contribution >= 0.6 is 0 Å². The van der Waals surface area contributed by atoms with Crippen molar-refractivity contribution in [1.82, 2.24) is 0 Å². The summed E-state index contributed by atoms with van der Waals surface area (Å²) in [6.07, 6.45) is 5.55. The molecule has 19 heavy (non-hydrogen) atoms. The van der Waals surface area contributed by atoms with Gasteiger partial charge in [-0.15, -0.1) is 0 Å². The number of hydrogen-bond donors (Lipinski definition) is 0. The summed E-state index contributed by atoms with van der Waals surface area (Å²) in [6, 6.07) is 3.86. The van der Waals surface area contributed by atoms with Crippen LogP contribution in [0, 0.1) is 5.92 Å². The highest BCUT2D eigenvalue weighted by atomic mass is 16.5. The molecule has 1 aromatic carbocycles. The zero-order valence-electron chi connectivity index (χ0n) is 11.6. The largest absolute Gasteiger partial charge is 0.497 e. The molecule has 0 saturated heterocycles. The lowest BCUT2D eigenvalue weighted by atomic mass is 9.67. The fraction of sp³-hybridized carbons (Fsp3) is 0.562. The van der Waals surface area contributed by atoms with Gasteiger partial charge in [0.1, 0.15) is 11.5 Å². The Labute approximate surface area is 113 Å². The van der Waals surface area contributed by atoms with Crippen LogP contribution in [0.2, 0.25) is 0 Å². The van der Waals surface area contributed by atoms with E-state index in [1.807, 2.05) is 12.1 Å². The highest BCUT2D eigenvalue weighted by Gasteiger charge is 2.37. The van der Waals surface area contributed by atoms with Crippen molar-refractivity contribution in [1.29, 1.82) is 0 Å². The first kappa shape index (κ1) is 12.5. The fourth-order valence-electron chi connectivity index (χ4n) is 3.68. The average Bonchev–Trinajstić information content (AvgIpc) is 2.46. The van der Waals surface area contributed by atoms with Gasteiger partial charge in [0.05, 0.1) is 19.8 Å². The molecule has 0 unspecified atom stereocenters. The summed E-state index contributed by atoms with van der Waals surface area (Å²) < 4.78 is 10.8. The minimum Gasteiger partial charge on any atom is -0.497 e. The quantitative estimate of drug-likeness (QED) is 0.815. The van der Waals surface area contributed by atoms with Gasteiger partial charge in [-0.2, -0.15) is 0 Å². The predicted molar refractivity (Wildman–Crippen MR) is 73.2 cm³/mol. The minimum absolute atomic E-state index is 0.234. The highest BCUT2D eigenvalue weighted by Crippen LogP contribution is 2.48. The number of ether oxygens (including phenoxy) is 2. The van der Waals surface area contributed by atoms with E-state index in [0.717, 1.165) is 16.9 Å². The molecule has 3 heteroatoms. The number of methoxy groups -OCH3 is 2. The van der Waals surface area contributed by atoms with Gasteiger partial charge in [0.25, 0.3) is 0 Å². The Bertz CT molecular complexity index is 507. The van der Waals surface area contributed by atoms with E-state index in [-0.39, 0.29) is 5.78 Å². The maximum atomic E-state index is 12.4.